The van der Waals surface area contributed by atoms with Crippen LogP contribution in [-0.4, -0.2) is 57.4 Å². The fraction of sp³-hybridized carbons (Fsp3) is 0.375. The van der Waals surface area contributed by atoms with Gasteiger partial charge in [-0.3, -0.25) is 4.68 Å². The Morgan fingerprint density at radius 3 is 2.77 bits per heavy atom. The molecule has 2 aliphatic heterocycles. The van der Waals surface area contributed by atoms with Gasteiger partial charge in [0.05, 0.1) is 12.1 Å². The summed E-state index contributed by atoms with van der Waals surface area (Å²) in [6.45, 7) is 2.99. The lowest BCUT2D eigenvalue weighted by Crippen LogP contribution is -2.34. The summed E-state index contributed by atoms with van der Waals surface area (Å²) in [5, 5.41) is 25.3. The van der Waals surface area contributed by atoms with Crippen molar-refractivity contribution < 1.29 is 14.9 Å². The summed E-state index contributed by atoms with van der Waals surface area (Å²) in [5.74, 6) is 1.23. The number of aromatic nitrogens is 2. The van der Waals surface area contributed by atoms with Crippen molar-refractivity contribution in [2.75, 3.05) is 26.2 Å². The number of aryl methyl sites for hydroxylation is 1. The van der Waals surface area contributed by atoms with Crippen molar-refractivity contribution in [2.45, 2.75) is 25.0 Å². The highest BCUT2D eigenvalue weighted by Crippen LogP contribution is 2.38. The molecule has 2 aliphatic rings. The fourth-order valence-electron chi connectivity index (χ4n) is 4.63. The quantitative estimate of drug-likeness (QED) is 0.698. The molecule has 0 aliphatic carbocycles. The van der Waals surface area contributed by atoms with E-state index < -0.39 is 6.29 Å². The standard InChI is InChI=1S/C24H27N3O3/c1-26-15-20-12-18(4-5-22(20)25-26)21-13-19-3-2-17(14-23(19)30-24(21)29)16-6-8-27(9-7-16)10-11-28/h2-5,12-16,24,28-29H,6-11H2,1H3. The van der Waals surface area contributed by atoms with E-state index in [1.165, 1.54) is 5.56 Å². The van der Waals surface area contributed by atoms with E-state index in [2.05, 4.69) is 28.2 Å². The molecular weight excluding hydrogens is 378 g/mol. The zero-order chi connectivity index (χ0) is 20.7. The van der Waals surface area contributed by atoms with Gasteiger partial charge in [0.2, 0.25) is 6.29 Å². The third kappa shape index (κ3) is 3.62. The summed E-state index contributed by atoms with van der Waals surface area (Å²) in [5.41, 5.74) is 4.89. The first-order valence-electron chi connectivity index (χ1n) is 10.6. The summed E-state index contributed by atoms with van der Waals surface area (Å²) in [7, 11) is 1.90. The molecule has 0 radical (unpaired) electrons. The number of nitrogens with zero attached hydrogens (tertiary/aromatic N) is 3. The molecule has 1 fully saturated rings. The Labute approximate surface area is 176 Å². The molecule has 0 amide bonds. The van der Waals surface area contributed by atoms with Crippen molar-refractivity contribution >= 4 is 22.6 Å². The lowest BCUT2D eigenvalue weighted by molar-refractivity contribution is 0.0319. The van der Waals surface area contributed by atoms with E-state index in [0.717, 1.165) is 65.8 Å². The Kier molecular flexibility index (Phi) is 5.06. The first-order valence-corrected chi connectivity index (χ1v) is 10.6. The summed E-state index contributed by atoms with van der Waals surface area (Å²) in [6, 6.07) is 12.4. The third-order valence-corrected chi connectivity index (χ3v) is 6.28. The van der Waals surface area contributed by atoms with E-state index in [1.54, 1.807) is 4.68 Å². The lowest BCUT2D eigenvalue weighted by Gasteiger charge is -2.32. The van der Waals surface area contributed by atoms with Crippen LogP contribution in [0.5, 0.6) is 5.75 Å². The van der Waals surface area contributed by atoms with Gasteiger partial charge in [0.15, 0.2) is 0 Å². The Morgan fingerprint density at radius 2 is 1.97 bits per heavy atom. The van der Waals surface area contributed by atoms with Gasteiger partial charge in [-0.05, 0) is 67.3 Å². The third-order valence-electron chi connectivity index (χ3n) is 6.28. The molecule has 3 heterocycles. The van der Waals surface area contributed by atoms with E-state index in [9.17, 15) is 5.11 Å². The summed E-state index contributed by atoms with van der Waals surface area (Å²) in [4.78, 5) is 2.31. The molecule has 0 spiro atoms. The minimum absolute atomic E-state index is 0.220. The minimum Gasteiger partial charge on any atom is -0.460 e. The first kappa shape index (κ1) is 19.3. The summed E-state index contributed by atoms with van der Waals surface area (Å²) >= 11 is 0. The van der Waals surface area contributed by atoms with Crippen LogP contribution < -0.4 is 4.74 Å². The monoisotopic (exact) mass is 405 g/mol. The van der Waals surface area contributed by atoms with Crippen molar-refractivity contribution in [3.8, 4) is 5.75 Å². The number of piperidine rings is 1. The molecule has 0 bridgehead atoms. The zero-order valence-corrected chi connectivity index (χ0v) is 17.2. The van der Waals surface area contributed by atoms with Crippen molar-refractivity contribution in [3.63, 3.8) is 0 Å². The van der Waals surface area contributed by atoms with Gasteiger partial charge in [0.25, 0.3) is 0 Å². The predicted octanol–water partition coefficient (Wildman–Crippen LogP) is 3.00. The molecule has 1 saturated heterocycles. The maximum atomic E-state index is 10.7. The van der Waals surface area contributed by atoms with Crippen molar-refractivity contribution in [1.82, 2.24) is 14.7 Å². The lowest BCUT2D eigenvalue weighted by atomic mass is 9.88. The van der Waals surface area contributed by atoms with Gasteiger partial charge >= 0.3 is 0 Å². The van der Waals surface area contributed by atoms with Crippen LogP contribution in [0.1, 0.15) is 35.4 Å². The molecule has 30 heavy (non-hydrogen) atoms. The number of aliphatic hydroxyl groups excluding tert-OH is 2. The Hall–Kier alpha value is -2.67. The van der Waals surface area contributed by atoms with Gasteiger partial charge in [0.1, 0.15) is 5.75 Å². The molecule has 1 atom stereocenters. The van der Waals surface area contributed by atoms with Gasteiger partial charge in [-0.25, -0.2) is 0 Å². The fourth-order valence-corrected chi connectivity index (χ4v) is 4.63. The zero-order valence-electron chi connectivity index (χ0n) is 17.2. The average molecular weight is 405 g/mol. The maximum Gasteiger partial charge on any atom is 0.224 e. The maximum absolute atomic E-state index is 10.7. The van der Waals surface area contributed by atoms with Crippen LogP contribution in [0.15, 0.2) is 42.6 Å². The molecule has 2 N–H and O–H groups in total. The number of hydrogen-bond donors (Lipinski definition) is 2. The molecule has 0 saturated carbocycles. The van der Waals surface area contributed by atoms with Gasteiger partial charge in [-0.15, -0.1) is 0 Å². The van der Waals surface area contributed by atoms with E-state index in [1.807, 2.05) is 37.5 Å². The van der Waals surface area contributed by atoms with Crippen LogP contribution in [0.25, 0.3) is 22.6 Å². The highest BCUT2D eigenvalue weighted by Gasteiger charge is 2.25. The highest BCUT2D eigenvalue weighted by atomic mass is 16.6. The number of ether oxygens (including phenoxy) is 1. The predicted molar refractivity (Wildman–Crippen MR) is 117 cm³/mol. The van der Waals surface area contributed by atoms with Crippen LogP contribution in [-0.2, 0) is 7.05 Å². The molecule has 6 heteroatoms. The number of benzene rings is 2. The van der Waals surface area contributed by atoms with Gasteiger partial charge in [0, 0.05) is 36.3 Å². The number of rotatable bonds is 4. The van der Waals surface area contributed by atoms with Gasteiger partial charge in [-0.1, -0.05) is 18.2 Å². The Morgan fingerprint density at radius 1 is 1.13 bits per heavy atom. The molecule has 6 nitrogen and oxygen atoms in total. The number of likely N-dealkylation sites (tertiary alicyclic amines) is 1. The second kappa shape index (κ2) is 7.87. The highest BCUT2D eigenvalue weighted by molar-refractivity contribution is 5.90. The average Bonchev–Trinajstić information content (AvgIpc) is 3.13. The second-order valence-electron chi connectivity index (χ2n) is 8.28. The summed E-state index contributed by atoms with van der Waals surface area (Å²) in [6.07, 6.45) is 5.16. The van der Waals surface area contributed by atoms with Crippen LogP contribution >= 0.6 is 0 Å². The van der Waals surface area contributed by atoms with Gasteiger partial charge < -0.3 is 19.8 Å². The summed E-state index contributed by atoms with van der Waals surface area (Å²) < 4.78 is 7.72. The number of β-amino-alcohol motifs (C(OH)–C–C–N with tert-alkyl or cyclic N) is 1. The first-order chi connectivity index (χ1) is 14.6. The molecule has 156 valence electrons. The van der Waals surface area contributed by atoms with Crippen LogP contribution in [0.2, 0.25) is 0 Å². The van der Waals surface area contributed by atoms with Crippen molar-refractivity contribution in [3.05, 3.63) is 59.3 Å². The van der Waals surface area contributed by atoms with E-state index in [4.69, 9.17) is 9.84 Å². The molecule has 2 aromatic carbocycles. The molecular formula is C24H27N3O3. The van der Waals surface area contributed by atoms with Crippen LogP contribution in [0.4, 0.5) is 0 Å². The number of fused-ring (bicyclic) bond motifs is 2. The van der Waals surface area contributed by atoms with Crippen molar-refractivity contribution in [2.24, 2.45) is 7.05 Å². The number of aliphatic hydroxyl groups is 2. The Balaban J connectivity index is 1.40. The smallest absolute Gasteiger partial charge is 0.224 e. The minimum atomic E-state index is -0.992. The molecule has 5 rings (SSSR count). The molecule has 3 aromatic rings. The van der Waals surface area contributed by atoms with E-state index >= 15 is 0 Å². The SMILES string of the molecule is Cn1cc2cc(C3=Cc4ccc(C5CCN(CCO)CC5)cc4OC3O)ccc2n1. The second-order valence-corrected chi connectivity index (χ2v) is 8.28. The topological polar surface area (TPSA) is 70.8 Å². The molecule has 1 aromatic heterocycles. The van der Waals surface area contributed by atoms with Crippen molar-refractivity contribution in [1.29, 1.82) is 0 Å². The Bertz CT molecular complexity index is 1100. The largest absolute Gasteiger partial charge is 0.460 e. The van der Waals surface area contributed by atoms with Crippen LogP contribution in [0, 0.1) is 0 Å². The van der Waals surface area contributed by atoms with Gasteiger partial charge in [-0.2, -0.15) is 5.10 Å². The van der Waals surface area contributed by atoms with Crippen LogP contribution in [0.3, 0.4) is 0 Å². The van der Waals surface area contributed by atoms with E-state index in [-0.39, 0.29) is 6.61 Å². The molecule has 1 unspecified atom stereocenters. The normalized spacial score (nSPS) is 20.1. The number of hydrogen-bond acceptors (Lipinski definition) is 5. The van der Waals surface area contributed by atoms with E-state index in [0.29, 0.717) is 5.92 Å².